The van der Waals surface area contributed by atoms with E-state index >= 15 is 0 Å². The third-order valence-corrected chi connectivity index (χ3v) is 5.76. The first-order chi connectivity index (χ1) is 14.7. The van der Waals surface area contributed by atoms with E-state index in [1.807, 2.05) is 41.3 Å². The summed E-state index contributed by atoms with van der Waals surface area (Å²) in [5, 5.41) is 0. The van der Waals surface area contributed by atoms with Crippen molar-refractivity contribution in [3.63, 3.8) is 0 Å². The highest BCUT2D eigenvalue weighted by molar-refractivity contribution is 5.97. The summed E-state index contributed by atoms with van der Waals surface area (Å²) in [5.41, 5.74) is 1.70. The molecule has 1 atom stereocenters. The van der Waals surface area contributed by atoms with Crippen molar-refractivity contribution in [3.05, 3.63) is 65.5 Å². The second-order valence-electron chi connectivity index (χ2n) is 7.99. The molecule has 0 radical (unpaired) electrons. The van der Waals surface area contributed by atoms with E-state index in [0.717, 1.165) is 57.6 Å². The van der Waals surface area contributed by atoms with Crippen LogP contribution < -0.4 is 4.74 Å². The Hall–Kier alpha value is -2.44. The van der Waals surface area contributed by atoms with Gasteiger partial charge in [-0.15, -0.1) is 0 Å². The molecule has 2 fully saturated rings. The van der Waals surface area contributed by atoms with Crippen LogP contribution in [0.1, 0.15) is 35.2 Å². The summed E-state index contributed by atoms with van der Waals surface area (Å²) in [6.07, 6.45) is 3.10. The van der Waals surface area contributed by atoms with Gasteiger partial charge in [-0.1, -0.05) is 24.3 Å². The second-order valence-corrected chi connectivity index (χ2v) is 7.99. The SMILES string of the molecule is O=C(c1ccccc1OC[C@@H]1CCCO1)N1CCCN(Cc2ccc(F)cc2)CC1. The van der Waals surface area contributed by atoms with Crippen LogP contribution in [0.5, 0.6) is 5.75 Å². The molecule has 0 N–H and O–H groups in total. The van der Waals surface area contributed by atoms with Gasteiger partial charge < -0.3 is 14.4 Å². The number of ether oxygens (including phenoxy) is 2. The normalized spacial score (nSPS) is 20.2. The van der Waals surface area contributed by atoms with E-state index in [0.29, 0.717) is 24.5 Å². The van der Waals surface area contributed by atoms with Crippen molar-refractivity contribution < 1.29 is 18.7 Å². The van der Waals surface area contributed by atoms with E-state index in [2.05, 4.69) is 4.90 Å². The van der Waals surface area contributed by atoms with E-state index in [4.69, 9.17) is 9.47 Å². The van der Waals surface area contributed by atoms with Crippen LogP contribution in [0.2, 0.25) is 0 Å². The third kappa shape index (κ3) is 5.37. The molecule has 2 aliphatic heterocycles. The first-order valence-corrected chi connectivity index (χ1v) is 10.8. The Labute approximate surface area is 177 Å². The van der Waals surface area contributed by atoms with Crippen molar-refractivity contribution in [3.8, 4) is 5.75 Å². The van der Waals surface area contributed by atoms with Crippen LogP contribution in [-0.2, 0) is 11.3 Å². The number of halogens is 1. The molecule has 5 nitrogen and oxygen atoms in total. The molecule has 0 spiro atoms. The summed E-state index contributed by atoms with van der Waals surface area (Å²) in [6, 6.07) is 14.1. The zero-order valence-corrected chi connectivity index (χ0v) is 17.3. The quantitative estimate of drug-likeness (QED) is 0.725. The van der Waals surface area contributed by atoms with Crippen molar-refractivity contribution in [2.75, 3.05) is 39.4 Å². The predicted octanol–water partition coefficient (Wildman–Crippen LogP) is 3.73. The maximum Gasteiger partial charge on any atom is 0.257 e. The lowest BCUT2D eigenvalue weighted by atomic mass is 10.1. The number of carbonyl (C=O) groups is 1. The molecular weight excluding hydrogens is 383 g/mol. The monoisotopic (exact) mass is 412 g/mol. The zero-order chi connectivity index (χ0) is 20.8. The molecule has 2 aromatic rings. The first kappa shape index (κ1) is 20.8. The average Bonchev–Trinajstić information content (AvgIpc) is 3.19. The summed E-state index contributed by atoms with van der Waals surface area (Å²) in [6.45, 7) is 5.13. The van der Waals surface area contributed by atoms with E-state index in [1.165, 1.54) is 12.1 Å². The summed E-state index contributed by atoms with van der Waals surface area (Å²) in [5.74, 6) is 0.429. The summed E-state index contributed by atoms with van der Waals surface area (Å²) >= 11 is 0. The zero-order valence-electron chi connectivity index (χ0n) is 17.3. The highest BCUT2D eigenvalue weighted by Crippen LogP contribution is 2.23. The van der Waals surface area contributed by atoms with E-state index in [1.54, 1.807) is 0 Å². The van der Waals surface area contributed by atoms with Crippen LogP contribution in [0, 0.1) is 5.82 Å². The van der Waals surface area contributed by atoms with Gasteiger partial charge >= 0.3 is 0 Å². The van der Waals surface area contributed by atoms with E-state index < -0.39 is 0 Å². The van der Waals surface area contributed by atoms with Gasteiger partial charge in [-0.05, 0) is 49.1 Å². The van der Waals surface area contributed by atoms with E-state index in [-0.39, 0.29) is 17.8 Å². The van der Waals surface area contributed by atoms with Crippen LogP contribution in [0.4, 0.5) is 4.39 Å². The second kappa shape index (κ2) is 10.0. The van der Waals surface area contributed by atoms with E-state index in [9.17, 15) is 9.18 Å². The van der Waals surface area contributed by atoms with Crippen LogP contribution in [-0.4, -0.2) is 61.2 Å². The van der Waals surface area contributed by atoms with Gasteiger partial charge in [-0.3, -0.25) is 9.69 Å². The Bertz CT molecular complexity index is 837. The highest BCUT2D eigenvalue weighted by atomic mass is 19.1. The Kier molecular flexibility index (Phi) is 6.97. The number of carbonyl (C=O) groups excluding carboxylic acids is 1. The molecule has 6 heteroatoms. The van der Waals surface area contributed by atoms with Gasteiger partial charge in [0, 0.05) is 39.3 Å². The number of hydrogen-bond acceptors (Lipinski definition) is 4. The largest absolute Gasteiger partial charge is 0.490 e. The smallest absolute Gasteiger partial charge is 0.257 e. The number of rotatable bonds is 6. The lowest BCUT2D eigenvalue weighted by molar-refractivity contribution is 0.0652. The maximum absolute atomic E-state index is 13.2. The van der Waals surface area contributed by atoms with Crippen molar-refractivity contribution in [1.82, 2.24) is 9.80 Å². The summed E-state index contributed by atoms with van der Waals surface area (Å²) in [7, 11) is 0. The van der Waals surface area contributed by atoms with Crippen molar-refractivity contribution in [2.45, 2.75) is 31.9 Å². The molecule has 4 rings (SSSR count). The Balaban J connectivity index is 1.36. The molecule has 0 unspecified atom stereocenters. The molecule has 2 aromatic carbocycles. The molecule has 2 heterocycles. The Morgan fingerprint density at radius 3 is 2.67 bits per heavy atom. The minimum absolute atomic E-state index is 0.0153. The fourth-order valence-electron chi connectivity index (χ4n) is 4.08. The van der Waals surface area contributed by atoms with Gasteiger partial charge in [0.05, 0.1) is 11.7 Å². The number of nitrogens with zero attached hydrogens (tertiary/aromatic N) is 2. The molecule has 2 aliphatic rings. The van der Waals surface area contributed by atoms with Crippen molar-refractivity contribution in [1.29, 1.82) is 0 Å². The number of hydrogen-bond donors (Lipinski definition) is 0. The van der Waals surface area contributed by atoms with Gasteiger partial charge in [0.2, 0.25) is 0 Å². The lowest BCUT2D eigenvalue weighted by Crippen LogP contribution is -2.35. The standard InChI is InChI=1S/C24H29FN2O3/c25-20-10-8-19(9-11-20)17-26-12-4-13-27(15-14-26)24(28)22-6-1-2-7-23(22)30-18-21-5-3-16-29-21/h1-2,6-11,21H,3-5,12-18H2/t21-/m0/s1. The van der Waals surface area contributed by atoms with Gasteiger partial charge in [0.25, 0.3) is 5.91 Å². The van der Waals surface area contributed by atoms with Crippen molar-refractivity contribution >= 4 is 5.91 Å². The predicted molar refractivity (Wildman–Crippen MR) is 113 cm³/mol. The number of benzene rings is 2. The van der Waals surface area contributed by atoms with Gasteiger partial charge in [0.1, 0.15) is 18.2 Å². The Morgan fingerprint density at radius 1 is 1.03 bits per heavy atom. The molecule has 0 saturated carbocycles. The average molecular weight is 413 g/mol. The molecule has 0 aliphatic carbocycles. The number of para-hydroxylation sites is 1. The van der Waals surface area contributed by atoms with Gasteiger partial charge in [-0.25, -0.2) is 4.39 Å². The minimum Gasteiger partial charge on any atom is -0.490 e. The topological polar surface area (TPSA) is 42.0 Å². The van der Waals surface area contributed by atoms with Crippen LogP contribution in [0.15, 0.2) is 48.5 Å². The Morgan fingerprint density at radius 2 is 1.87 bits per heavy atom. The molecule has 30 heavy (non-hydrogen) atoms. The number of amides is 1. The molecule has 0 bridgehead atoms. The third-order valence-electron chi connectivity index (χ3n) is 5.76. The molecule has 160 valence electrons. The van der Waals surface area contributed by atoms with Crippen LogP contribution in [0.25, 0.3) is 0 Å². The van der Waals surface area contributed by atoms with Gasteiger partial charge in [-0.2, -0.15) is 0 Å². The molecule has 1 amide bonds. The summed E-state index contributed by atoms with van der Waals surface area (Å²) < 4.78 is 24.7. The van der Waals surface area contributed by atoms with Crippen LogP contribution in [0.3, 0.4) is 0 Å². The molecule has 2 saturated heterocycles. The van der Waals surface area contributed by atoms with Crippen LogP contribution >= 0.6 is 0 Å². The fraction of sp³-hybridized carbons (Fsp3) is 0.458. The first-order valence-electron chi connectivity index (χ1n) is 10.8. The molecular formula is C24H29FN2O3. The molecule has 0 aromatic heterocycles. The lowest BCUT2D eigenvalue weighted by Gasteiger charge is -2.23. The fourth-order valence-corrected chi connectivity index (χ4v) is 4.08. The minimum atomic E-state index is -0.216. The maximum atomic E-state index is 13.2. The van der Waals surface area contributed by atoms with Crippen molar-refractivity contribution in [2.24, 2.45) is 0 Å². The van der Waals surface area contributed by atoms with Gasteiger partial charge in [0.15, 0.2) is 0 Å². The highest BCUT2D eigenvalue weighted by Gasteiger charge is 2.24. The summed E-state index contributed by atoms with van der Waals surface area (Å²) in [4.78, 5) is 17.5.